The number of hydrogen-bond acceptors (Lipinski definition) is 6. The Hall–Kier alpha value is -2.55. The van der Waals surface area contributed by atoms with E-state index < -0.39 is 17.7 Å². The average Bonchev–Trinajstić information content (AvgIpc) is 2.96. The van der Waals surface area contributed by atoms with E-state index in [2.05, 4.69) is 11.6 Å². The molecule has 1 N–H and O–H groups in total. The Labute approximate surface area is 145 Å². The van der Waals surface area contributed by atoms with Crippen LogP contribution in [0, 0.1) is 0 Å². The fourth-order valence-electron chi connectivity index (χ4n) is 1.95. The predicted octanol–water partition coefficient (Wildman–Crippen LogP) is 3.72. The first-order chi connectivity index (χ1) is 11.7. The number of halogens is 3. The molecule has 0 atom stereocenters. The second-order valence-electron chi connectivity index (χ2n) is 4.99. The monoisotopic (exact) mass is 373 g/mol. The van der Waals surface area contributed by atoms with Gasteiger partial charge in [-0.05, 0) is 17.7 Å². The van der Waals surface area contributed by atoms with Crippen LogP contribution in [0.4, 0.5) is 13.2 Å². The molecule has 2 rings (SSSR count). The van der Waals surface area contributed by atoms with Gasteiger partial charge in [-0.25, -0.2) is 9.78 Å². The van der Waals surface area contributed by atoms with Gasteiger partial charge in [-0.3, -0.25) is 0 Å². The van der Waals surface area contributed by atoms with Crippen LogP contribution in [-0.2, 0) is 28.7 Å². The molecule has 134 valence electrons. The fraction of sp³-hybridized carbons (Fsp3) is 0.250. The number of hydrogen-bond donors (Lipinski definition) is 1. The number of rotatable bonds is 6. The standard InChI is InChI=1S/C16H14F3NO4S/c1-9(5-14-20-13(21)8-25-14)15(22)24-7-10-3-4-12(23-2)11(6-10)16(17,18)19/h3-4,6,8,21H,1,5,7H2,2H3. The van der Waals surface area contributed by atoms with Gasteiger partial charge in [0, 0.05) is 12.0 Å². The van der Waals surface area contributed by atoms with Gasteiger partial charge in [0.25, 0.3) is 0 Å². The Morgan fingerprint density at radius 1 is 1.40 bits per heavy atom. The Morgan fingerprint density at radius 3 is 2.68 bits per heavy atom. The van der Waals surface area contributed by atoms with Gasteiger partial charge in [-0.15, -0.1) is 11.3 Å². The predicted molar refractivity (Wildman–Crippen MR) is 84.4 cm³/mol. The van der Waals surface area contributed by atoms with Gasteiger partial charge in [0.2, 0.25) is 5.88 Å². The molecule has 1 heterocycles. The molecule has 2 aromatic rings. The minimum atomic E-state index is -4.58. The zero-order chi connectivity index (χ0) is 18.6. The van der Waals surface area contributed by atoms with E-state index in [1.165, 1.54) is 17.5 Å². The highest BCUT2D eigenvalue weighted by Crippen LogP contribution is 2.36. The molecule has 0 bridgehead atoms. The smallest absolute Gasteiger partial charge is 0.419 e. The van der Waals surface area contributed by atoms with Crippen LogP contribution in [-0.4, -0.2) is 23.2 Å². The van der Waals surface area contributed by atoms with Crippen molar-refractivity contribution in [3.05, 3.63) is 51.9 Å². The van der Waals surface area contributed by atoms with Gasteiger partial charge >= 0.3 is 12.1 Å². The first-order valence-electron chi connectivity index (χ1n) is 6.93. The number of carbonyl (C=O) groups excluding carboxylic acids is 1. The van der Waals surface area contributed by atoms with E-state index in [9.17, 15) is 18.0 Å². The highest BCUT2D eigenvalue weighted by molar-refractivity contribution is 7.09. The summed E-state index contributed by atoms with van der Waals surface area (Å²) in [5.41, 5.74) is -0.694. The first kappa shape index (κ1) is 18.8. The third-order valence-electron chi connectivity index (χ3n) is 3.13. The van der Waals surface area contributed by atoms with Gasteiger partial charge in [0.15, 0.2) is 0 Å². The minimum absolute atomic E-state index is 0.0823. The number of aromatic hydroxyl groups is 1. The maximum Gasteiger partial charge on any atom is 0.419 e. The molecule has 0 aliphatic rings. The van der Waals surface area contributed by atoms with Gasteiger partial charge in [0.1, 0.15) is 17.4 Å². The van der Waals surface area contributed by atoms with Crippen molar-refractivity contribution in [2.24, 2.45) is 0 Å². The first-order valence-corrected chi connectivity index (χ1v) is 7.81. The molecule has 0 radical (unpaired) electrons. The van der Waals surface area contributed by atoms with Crippen molar-refractivity contribution in [2.75, 3.05) is 7.11 Å². The summed E-state index contributed by atoms with van der Waals surface area (Å²) in [4.78, 5) is 15.7. The van der Waals surface area contributed by atoms with Gasteiger partial charge in [-0.1, -0.05) is 12.6 Å². The molecule has 5 nitrogen and oxygen atoms in total. The molecular formula is C16H14F3NO4S. The molecule has 1 aromatic carbocycles. The SMILES string of the molecule is C=C(Cc1nc(O)cs1)C(=O)OCc1ccc(OC)c(C(F)(F)F)c1. The van der Waals surface area contributed by atoms with Crippen LogP contribution in [0.1, 0.15) is 16.1 Å². The van der Waals surface area contributed by atoms with Crippen LogP contribution in [0.5, 0.6) is 11.6 Å². The maximum atomic E-state index is 13.0. The van der Waals surface area contributed by atoms with Gasteiger partial charge in [-0.2, -0.15) is 13.2 Å². The topological polar surface area (TPSA) is 68.7 Å². The summed E-state index contributed by atoms with van der Waals surface area (Å²) < 4.78 is 48.5. The zero-order valence-electron chi connectivity index (χ0n) is 13.1. The van der Waals surface area contributed by atoms with Crippen LogP contribution in [0.3, 0.4) is 0 Å². The second-order valence-corrected chi connectivity index (χ2v) is 5.93. The summed E-state index contributed by atoms with van der Waals surface area (Å²) in [5.74, 6) is -1.21. The van der Waals surface area contributed by atoms with Crippen LogP contribution in [0.15, 0.2) is 35.7 Å². The van der Waals surface area contributed by atoms with Crippen molar-refractivity contribution in [3.8, 4) is 11.6 Å². The summed E-state index contributed by atoms with van der Waals surface area (Å²) in [6.45, 7) is 3.23. The van der Waals surface area contributed by atoms with Crippen LogP contribution < -0.4 is 4.74 Å². The third kappa shape index (κ3) is 4.96. The molecule has 0 saturated carbocycles. The molecule has 9 heteroatoms. The second kappa shape index (κ2) is 7.56. The number of benzene rings is 1. The molecule has 0 fully saturated rings. The number of esters is 1. The van der Waals surface area contributed by atoms with E-state index in [0.717, 1.165) is 24.5 Å². The Kier molecular flexibility index (Phi) is 5.68. The summed E-state index contributed by atoms with van der Waals surface area (Å²) in [6, 6.07) is 3.41. The number of nitrogens with zero attached hydrogens (tertiary/aromatic N) is 1. The summed E-state index contributed by atoms with van der Waals surface area (Å²) in [7, 11) is 1.14. The van der Waals surface area contributed by atoms with E-state index in [0.29, 0.717) is 5.01 Å². The van der Waals surface area contributed by atoms with Crippen molar-refractivity contribution in [1.29, 1.82) is 0 Å². The molecule has 0 aliphatic heterocycles. The molecule has 1 aromatic heterocycles. The van der Waals surface area contributed by atoms with E-state index >= 15 is 0 Å². The van der Waals surface area contributed by atoms with Crippen LogP contribution >= 0.6 is 11.3 Å². The minimum Gasteiger partial charge on any atom is -0.496 e. The molecule has 0 saturated heterocycles. The van der Waals surface area contributed by atoms with Crippen LogP contribution in [0.2, 0.25) is 0 Å². The highest BCUT2D eigenvalue weighted by atomic mass is 32.1. The van der Waals surface area contributed by atoms with Gasteiger partial charge in [0.05, 0.1) is 18.1 Å². The lowest BCUT2D eigenvalue weighted by Gasteiger charge is -2.13. The molecule has 25 heavy (non-hydrogen) atoms. The van der Waals surface area contributed by atoms with Crippen molar-refractivity contribution < 1.29 is 32.5 Å². The Morgan fingerprint density at radius 2 is 2.12 bits per heavy atom. The summed E-state index contributed by atoms with van der Waals surface area (Å²) >= 11 is 1.15. The molecule has 0 amide bonds. The van der Waals surface area contributed by atoms with E-state index in [4.69, 9.17) is 14.6 Å². The number of thiazole rings is 1. The fourth-order valence-corrected chi connectivity index (χ4v) is 2.65. The number of ether oxygens (including phenoxy) is 2. The zero-order valence-corrected chi connectivity index (χ0v) is 13.9. The Balaban J connectivity index is 2.00. The number of alkyl halides is 3. The quantitative estimate of drug-likeness (QED) is 0.617. The maximum absolute atomic E-state index is 13.0. The van der Waals surface area contributed by atoms with E-state index in [1.807, 2.05) is 0 Å². The van der Waals surface area contributed by atoms with Crippen molar-refractivity contribution in [3.63, 3.8) is 0 Å². The van der Waals surface area contributed by atoms with E-state index in [1.54, 1.807) is 0 Å². The van der Waals surface area contributed by atoms with Gasteiger partial charge < -0.3 is 14.6 Å². The Bertz CT molecular complexity index is 786. The lowest BCUT2D eigenvalue weighted by molar-refractivity contribution is -0.140. The number of aromatic nitrogens is 1. The summed E-state index contributed by atoms with van der Waals surface area (Å²) in [6.07, 6.45) is -4.50. The van der Waals surface area contributed by atoms with E-state index in [-0.39, 0.29) is 35.8 Å². The summed E-state index contributed by atoms with van der Waals surface area (Å²) in [5, 5.41) is 11.0. The van der Waals surface area contributed by atoms with Crippen molar-refractivity contribution >= 4 is 17.3 Å². The molecule has 0 unspecified atom stereocenters. The van der Waals surface area contributed by atoms with Crippen molar-refractivity contribution in [1.82, 2.24) is 4.98 Å². The highest BCUT2D eigenvalue weighted by Gasteiger charge is 2.34. The molecule has 0 aliphatic carbocycles. The largest absolute Gasteiger partial charge is 0.496 e. The number of carbonyl (C=O) groups is 1. The van der Waals surface area contributed by atoms with Crippen molar-refractivity contribution in [2.45, 2.75) is 19.2 Å². The molecular weight excluding hydrogens is 359 g/mol. The molecule has 0 spiro atoms. The van der Waals surface area contributed by atoms with Crippen LogP contribution in [0.25, 0.3) is 0 Å². The number of methoxy groups -OCH3 is 1. The lowest BCUT2D eigenvalue weighted by Crippen LogP contribution is -2.11. The average molecular weight is 373 g/mol. The normalized spacial score (nSPS) is 11.2. The lowest BCUT2D eigenvalue weighted by atomic mass is 10.1. The third-order valence-corrected chi connectivity index (χ3v) is 3.97.